The van der Waals surface area contributed by atoms with Crippen LogP contribution in [0, 0.1) is 0 Å². The molecular weight excluding hydrogens is 198 g/mol. The number of aliphatic hydroxyl groups is 1. The van der Waals surface area contributed by atoms with E-state index in [4.69, 9.17) is 5.11 Å². The van der Waals surface area contributed by atoms with E-state index in [0.717, 1.165) is 0 Å². The molecule has 0 aliphatic rings. The second kappa shape index (κ2) is 7.19. The fourth-order valence-corrected chi connectivity index (χ4v) is 1.01. The van der Waals surface area contributed by atoms with Gasteiger partial charge in [0.2, 0.25) is 5.91 Å². The molecule has 2 atom stereocenters. The summed E-state index contributed by atoms with van der Waals surface area (Å²) in [6.45, 7) is 3.50. The van der Waals surface area contributed by atoms with Crippen LogP contribution in [0.2, 0.25) is 0 Å². The van der Waals surface area contributed by atoms with E-state index in [-0.39, 0.29) is 12.6 Å². The summed E-state index contributed by atoms with van der Waals surface area (Å²) in [7, 11) is 1.43. The molecule has 6 nitrogen and oxygen atoms in total. The van der Waals surface area contributed by atoms with Gasteiger partial charge in [-0.3, -0.25) is 10.1 Å². The summed E-state index contributed by atoms with van der Waals surface area (Å²) in [5, 5.41) is 16.2. The number of imide groups is 1. The minimum Gasteiger partial charge on any atom is -0.395 e. The van der Waals surface area contributed by atoms with E-state index in [2.05, 4.69) is 16.0 Å². The summed E-state index contributed by atoms with van der Waals surface area (Å²) in [4.78, 5) is 22.2. The SMILES string of the molecule is CCC(CO)NC(C)C(=O)NC(=O)NC. The van der Waals surface area contributed by atoms with Crippen LogP contribution in [0.3, 0.4) is 0 Å². The highest BCUT2D eigenvalue weighted by Crippen LogP contribution is 1.92. The van der Waals surface area contributed by atoms with Crippen LogP contribution in [0.25, 0.3) is 0 Å². The molecule has 3 amide bonds. The maximum absolute atomic E-state index is 11.4. The first-order chi connectivity index (χ1) is 7.04. The zero-order chi connectivity index (χ0) is 11.8. The van der Waals surface area contributed by atoms with Crippen LogP contribution in [-0.2, 0) is 4.79 Å². The van der Waals surface area contributed by atoms with Crippen molar-refractivity contribution in [2.75, 3.05) is 13.7 Å². The lowest BCUT2D eigenvalue weighted by atomic mass is 10.2. The number of amides is 3. The highest BCUT2D eigenvalue weighted by atomic mass is 16.3. The fraction of sp³-hybridized carbons (Fsp3) is 0.778. The number of aliphatic hydroxyl groups excluding tert-OH is 1. The van der Waals surface area contributed by atoms with Gasteiger partial charge >= 0.3 is 6.03 Å². The topological polar surface area (TPSA) is 90.5 Å². The van der Waals surface area contributed by atoms with Gasteiger partial charge in [-0.2, -0.15) is 0 Å². The van der Waals surface area contributed by atoms with E-state index < -0.39 is 18.0 Å². The largest absolute Gasteiger partial charge is 0.395 e. The lowest BCUT2D eigenvalue weighted by Gasteiger charge is -2.19. The number of urea groups is 1. The van der Waals surface area contributed by atoms with Gasteiger partial charge in [0.05, 0.1) is 12.6 Å². The van der Waals surface area contributed by atoms with Crippen LogP contribution >= 0.6 is 0 Å². The quantitative estimate of drug-likeness (QED) is 0.485. The van der Waals surface area contributed by atoms with Crippen molar-refractivity contribution in [3.8, 4) is 0 Å². The normalized spacial score (nSPS) is 14.1. The maximum Gasteiger partial charge on any atom is 0.321 e. The highest BCUT2D eigenvalue weighted by molar-refractivity contribution is 5.96. The Hall–Kier alpha value is -1.14. The van der Waals surface area contributed by atoms with E-state index in [1.165, 1.54) is 7.05 Å². The molecular formula is C9H19N3O3. The van der Waals surface area contributed by atoms with Crippen molar-refractivity contribution >= 4 is 11.9 Å². The van der Waals surface area contributed by atoms with Crippen molar-refractivity contribution in [3.05, 3.63) is 0 Å². The molecule has 0 aromatic carbocycles. The Morgan fingerprint density at radius 2 is 2.00 bits per heavy atom. The number of rotatable bonds is 5. The molecule has 6 heteroatoms. The minimum absolute atomic E-state index is 0.0336. The van der Waals surface area contributed by atoms with Crippen molar-refractivity contribution in [3.63, 3.8) is 0 Å². The molecule has 4 N–H and O–H groups in total. The van der Waals surface area contributed by atoms with Gasteiger partial charge < -0.3 is 15.7 Å². The Morgan fingerprint density at radius 3 is 2.40 bits per heavy atom. The summed E-state index contributed by atoms with van der Waals surface area (Å²) < 4.78 is 0. The molecule has 0 rings (SSSR count). The Labute approximate surface area is 89.4 Å². The molecule has 0 heterocycles. The maximum atomic E-state index is 11.4. The molecule has 0 aliphatic carbocycles. The van der Waals surface area contributed by atoms with Crippen LogP contribution < -0.4 is 16.0 Å². The Bertz CT molecular complexity index is 217. The summed E-state index contributed by atoms with van der Waals surface area (Å²) >= 11 is 0. The number of hydrogen-bond acceptors (Lipinski definition) is 4. The second-order valence-electron chi connectivity index (χ2n) is 3.24. The molecule has 0 aromatic heterocycles. The standard InChI is InChI=1S/C9H19N3O3/c1-4-7(5-13)11-6(2)8(14)12-9(15)10-3/h6-7,11,13H,4-5H2,1-3H3,(H2,10,12,14,15). The van der Waals surface area contributed by atoms with E-state index in [1.54, 1.807) is 6.92 Å². The van der Waals surface area contributed by atoms with Gasteiger partial charge in [-0.15, -0.1) is 0 Å². The first-order valence-electron chi connectivity index (χ1n) is 4.94. The molecule has 0 fully saturated rings. The molecule has 0 radical (unpaired) electrons. The van der Waals surface area contributed by atoms with Crippen molar-refractivity contribution in [2.45, 2.75) is 32.4 Å². The van der Waals surface area contributed by atoms with Crippen LogP contribution in [0.4, 0.5) is 4.79 Å². The number of nitrogens with one attached hydrogen (secondary N) is 3. The smallest absolute Gasteiger partial charge is 0.321 e. The summed E-state index contributed by atoms with van der Waals surface area (Å²) in [5.74, 6) is -0.416. The lowest BCUT2D eigenvalue weighted by Crippen LogP contribution is -2.50. The molecule has 2 unspecified atom stereocenters. The fourth-order valence-electron chi connectivity index (χ4n) is 1.01. The molecule has 88 valence electrons. The average molecular weight is 217 g/mol. The Morgan fingerprint density at radius 1 is 1.40 bits per heavy atom. The lowest BCUT2D eigenvalue weighted by molar-refractivity contribution is -0.121. The third kappa shape index (κ3) is 5.34. The average Bonchev–Trinajstić information content (AvgIpc) is 2.24. The van der Waals surface area contributed by atoms with Crippen molar-refractivity contribution in [1.29, 1.82) is 0 Å². The third-order valence-electron chi connectivity index (χ3n) is 2.06. The summed E-state index contributed by atoms with van der Waals surface area (Å²) in [5.41, 5.74) is 0. The van der Waals surface area contributed by atoms with Crippen LogP contribution in [-0.4, -0.2) is 42.8 Å². The molecule has 0 bridgehead atoms. The highest BCUT2D eigenvalue weighted by Gasteiger charge is 2.17. The van der Waals surface area contributed by atoms with Gasteiger partial charge in [-0.1, -0.05) is 6.92 Å². The van der Waals surface area contributed by atoms with Crippen LogP contribution in [0.15, 0.2) is 0 Å². The van der Waals surface area contributed by atoms with Crippen molar-refractivity contribution in [1.82, 2.24) is 16.0 Å². The van der Waals surface area contributed by atoms with Crippen molar-refractivity contribution < 1.29 is 14.7 Å². The molecule has 15 heavy (non-hydrogen) atoms. The zero-order valence-electron chi connectivity index (χ0n) is 9.33. The first kappa shape index (κ1) is 13.9. The number of carbonyl (C=O) groups excluding carboxylic acids is 2. The van der Waals surface area contributed by atoms with Gasteiger partial charge in [0.25, 0.3) is 0 Å². The molecule has 0 saturated carbocycles. The zero-order valence-corrected chi connectivity index (χ0v) is 9.33. The van der Waals surface area contributed by atoms with Gasteiger partial charge in [-0.05, 0) is 13.3 Å². The van der Waals surface area contributed by atoms with Gasteiger partial charge in [0.15, 0.2) is 0 Å². The molecule has 0 saturated heterocycles. The minimum atomic E-state index is -0.536. The summed E-state index contributed by atoms with van der Waals surface area (Å²) in [6, 6.07) is -1.18. The molecule has 0 aromatic rings. The monoisotopic (exact) mass is 217 g/mol. The first-order valence-corrected chi connectivity index (χ1v) is 4.94. The van der Waals surface area contributed by atoms with Gasteiger partial charge in [0.1, 0.15) is 0 Å². The number of hydrogen-bond donors (Lipinski definition) is 4. The number of carbonyl (C=O) groups is 2. The molecule has 0 spiro atoms. The Balaban J connectivity index is 4.03. The third-order valence-corrected chi connectivity index (χ3v) is 2.06. The van der Waals surface area contributed by atoms with Crippen LogP contribution in [0.5, 0.6) is 0 Å². The van der Waals surface area contributed by atoms with Crippen LogP contribution in [0.1, 0.15) is 20.3 Å². The summed E-state index contributed by atoms with van der Waals surface area (Å²) in [6.07, 6.45) is 0.716. The van der Waals surface area contributed by atoms with Gasteiger partial charge in [0, 0.05) is 13.1 Å². The second-order valence-corrected chi connectivity index (χ2v) is 3.24. The van der Waals surface area contributed by atoms with E-state index in [0.29, 0.717) is 6.42 Å². The van der Waals surface area contributed by atoms with E-state index in [1.807, 2.05) is 6.92 Å². The van der Waals surface area contributed by atoms with Gasteiger partial charge in [-0.25, -0.2) is 4.79 Å². The van der Waals surface area contributed by atoms with E-state index >= 15 is 0 Å². The Kier molecular flexibility index (Phi) is 6.64. The van der Waals surface area contributed by atoms with Crippen molar-refractivity contribution in [2.24, 2.45) is 0 Å². The van der Waals surface area contributed by atoms with E-state index in [9.17, 15) is 9.59 Å². The molecule has 0 aliphatic heterocycles. The predicted octanol–water partition coefficient (Wildman–Crippen LogP) is -0.809. The predicted molar refractivity (Wildman–Crippen MR) is 56.4 cm³/mol.